The Kier molecular flexibility index (Phi) is 2.57. The summed E-state index contributed by atoms with van der Waals surface area (Å²) in [5, 5.41) is 13.6. The molecule has 1 heterocycles. The Bertz CT molecular complexity index is 299. The lowest BCUT2D eigenvalue weighted by molar-refractivity contribution is 0.0123. The lowest BCUT2D eigenvalue weighted by Gasteiger charge is -2.33. The average Bonchev–Trinajstić information content (AvgIpc) is 2.19. The van der Waals surface area contributed by atoms with E-state index < -0.39 is 5.60 Å². The van der Waals surface area contributed by atoms with Crippen LogP contribution in [0.5, 0.6) is 0 Å². The van der Waals surface area contributed by atoms with Gasteiger partial charge in [-0.25, -0.2) is 0 Å². The van der Waals surface area contributed by atoms with Gasteiger partial charge in [-0.05, 0) is 31.9 Å². The number of aryl methyl sites for hydroxylation is 1. The van der Waals surface area contributed by atoms with E-state index in [4.69, 9.17) is 0 Å². The second-order valence-corrected chi connectivity index (χ2v) is 4.18. The Morgan fingerprint density at radius 2 is 2.00 bits per heavy atom. The monoisotopic (exact) mass is 191 g/mol. The first-order chi connectivity index (χ1) is 6.71. The van der Waals surface area contributed by atoms with E-state index in [1.165, 1.54) is 5.56 Å². The molecule has 1 aromatic rings. The molecule has 2 nitrogen and oxygen atoms in total. The van der Waals surface area contributed by atoms with Crippen LogP contribution in [0.15, 0.2) is 24.3 Å². The number of aliphatic hydroxyl groups is 1. The number of β-amino-alcohol motifs (C(OH)–C–C–N with tert-alkyl or cyclic N) is 1. The number of piperidine rings is 1. The molecule has 0 aromatic heterocycles. The predicted molar refractivity (Wildman–Crippen MR) is 57.2 cm³/mol. The van der Waals surface area contributed by atoms with E-state index in [0.29, 0.717) is 6.54 Å². The molecule has 14 heavy (non-hydrogen) atoms. The summed E-state index contributed by atoms with van der Waals surface area (Å²) in [6.45, 7) is 3.76. The highest BCUT2D eigenvalue weighted by atomic mass is 16.3. The Morgan fingerprint density at radius 3 is 2.57 bits per heavy atom. The van der Waals surface area contributed by atoms with Crippen LogP contribution in [-0.2, 0) is 5.60 Å². The maximum absolute atomic E-state index is 10.4. The summed E-state index contributed by atoms with van der Waals surface area (Å²) in [6, 6.07) is 8.18. The summed E-state index contributed by atoms with van der Waals surface area (Å²) < 4.78 is 0. The molecule has 0 spiro atoms. The van der Waals surface area contributed by atoms with Crippen LogP contribution in [-0.4, -0.2) is 18.2 Å². The van der Waals surface area contributed by atoms with Crippen LogP contribution in [0.3, 0.4) is 0 Å². The third-order valence-electron chi connectivity index (χ3n) is 2.95. The number of hydrogen-bond acceptors (Lipinski definition) is 2. The van der Waals surface area contributed by atoms with Crippen LogP contribution in [0.1, 0.15) is 24.0 Å². The second-order valence-electron chi connectivity index (χ2n) is 4.18. The molecule has 1 saturated heterocycles. The lowest BCUT2D eigenvalue weighted by Crippen LogP contribution is -2.43. The van der Waals surface area contributed by atoms with Crippen molar-refractivity contribution in [3.8, 4) is 0 Å². The quantitative estimate of drug-likeness (QED) is 0.706. The number of hydrogen-bond donors (Lipinski definition) is 2. The molecule has 1 atom stereocenters. The Morgan fingerprint density at radius 1 is 1.29 bits per heavy atom. The molecule has 1 unspecified atom stereocenters. The molecule has 2 heteroatoms. The van der Waals surface area contributed by atoms with Gasteiger partial charge in [-0.1, -0.05) is 29.8 Å². The van der Waals surface area contributed by atoms with Crippen molar-refractivity contribution in [2.75, 3.05) is 13.1 Å². The smallest absolute Gasteiger partial charge is 0.102 e. The third-order valence-corrected chi connectivity index (χ3v) is 2.95. The van der Waals surface area contributed by atoms with Gasteiger partial charge in [0.05, 0.1) is 0 Å². The minimum atomic E-state index is -0.647. The van der Waals surface area contributed by atoms with Gasteiger partial charge >= 0.3 is 0 Å². The highest BCUT2D eigenvalue weighted by molar-refractivity contribution is 5.27. The number of rotatable bonds is 1. The van der Waals surface area contributed by atoms with Gasteiger partial charge in [-0.15, -0.1) is 0 Å². The normalized spacial score (nSPS) is 27.6. The fraction of sp³-hybridized carbons (Fsp3) is 0.500. The number of benzene rings is 1. The molecule has 0 aliphatic carbocycles. The van der Waals surface area contributed by atoms with E-state index in [-0.39, 0.29) is 0 Å². The highest BCUT2D eigenvalue weighted by Gasteiger charge is 2.30. The first-order valence-electron chi connectivity index (χ1n) is 5.21. The predicted octanol–water partition coefficient (Wildman–Crippen LogP) is 1.57. The van der Waals surface area contributed by atoms with E-state index in [0.717, 1.165) is 24.9 Å². The van der Waals surface area contributed by atoms with Crippen LogP contribution < -0.4 is 5.32 Å². The van der Waals surface area contributed by atoms with Crippen molar-refractivity contribution in [3.63, 3.8) is 0 Å². The Labute approximate surface area is 85.0 Å². The molecule has 0 saturated carbocycles. The summed E-state index contributed by atoms with van der Waals surface area (Å²) in [5.74, 6) is 0. The van der Waals surface area contributed by atoms with Crippen molar-refractivity contribution in [2.45, 2.75) is 25.4 Å². The van der Waals surface area contributed by atoms with E-state index in [2.05, 4.69) is 24.4 Å². The van der Waals surface area contributed by atoms with Gasteiger partial charge in [0.15, 0.2) is 0 Å². The van der Waals surface area contributed by atoms with Crippen LogP contribution in [0.4, 0.5) is 0 Å². The Hall–Kier alpha value is -0.860. The summed E-state index contributed by atoms with van der Waals surface area (Å²) in [5.41, 5.74) is 1.63. The van der Waals surface area contributed by atoms with Crippen LogP contribution in [0.25, 0.3) is 0 Å². The summed E-state index contributed by atoms with van der Waals surface area (Å²) in [4.78, 5) is 0. The van der Waals surface area contributed by atoms with Crippen LogP contribution >= 0.6 is 0 Å². The summed E-state index contributed by atoms with van der Waals surface area (Å²) in [7, 11) is 0. The molecule has 0 amide bonds. The molecule has 1 aliphatic rings. The van der Waals surface area contributed by atoms with Crippen molar-refractivity contribution in [1.29, 1.82) is 0 Å². The minimum absolute atomic E-state index is 0.647. The lowest BCUT2D eigenvalue weighted by atomic mass is 9.86. The van der Waals surface area contributed by atoms with E-state index in [1.54, 1.807) is 0 Å². The average molecular weight is 191 g/mol. The maximum Gasteiger partial charge on any atom is 0.102 e. The molecular formula is C12H17NO. The fourth-order valence-corrected chi connectivity index (χ4v) is 2.00. The molecule has 76 valence electrons. The zero-order chi connectivity index (χ0) is 10.0. The standard InChI is InChI=1S/C12H17NO/c1-10-3-5-11(6-4-10)12(14)7-2-8-13-9-12/h3-6,13-14H,2,7-9H2,1H3. The van der Waals surface area contributed by atoms with Gasteiger partial charge in [-0.3, -0.25) is 0 Å². The van der Waals surface area contributed by atoms with Gasteiger partial charge < -0.3 is 10.4 Å². The zero-order valence-electron chi connectivity index (χ0n) is 8.59. The third kappa shape index (κ3) is 1.81. The largest absolute Gasteiger partial charge is 0.384 e. The first kappa shape index (κ1) is 9.69. The van der Waals surface area contributed by atoms with Crippen LogP contribution in [0, 0.1) is 6.92 Å². The van der Waals surface area contributed by atoms with Gasteiger partial charge in [0.25, 0.3) is 0 Å². The van der Waals surface area contributed by atoms with Crippen molar-refractivity contribution >= 4 is 0 Å². The zero-order valence-corrected chi connectivity index (χ0v) is 8.59. The molecule has 0 radical (unpaired) electrons. The molecule has 2 N–H and O–H groups in total. The number of nitrogens with one attached hydrogen (secondary N) is 1. The van der Waals surface area contributed by atoms with Gasteiger partial charge in [-0.2, -0.15) is 0 Å². The van der Waals surface area contributed by atoms with E-state index in [9.17, 15) is 5.11 Å². The van der Waals surface area contributed by atoms with Gasteiger partial charge in [0.2, 0.25) is 0 Å². The maximum atomic E-state index is 10.4. The molecule has 1 fully saturated rings. The van der Waals surface area contributed by atoms with Crippen LogP contribution in [0.2, 0.25) is 0 Å². The van der Waals surface area contributed by atoms with Gasteiger partial charge in [0, 0.05) is 6.54 Å². The highest BCUT2D eigenvalue weighted by Crippen LogP contribution is 2.28. The van der Waals surface area contributed by atoms with E-state index >= 15 is 0 Å². The fourth-order valence-electron chi connectivity index (χ4n) is 2.00. The van der Waals surface area contributed by atoms with E-state index in [1.807, 2.05) is 12.1 Å². The Balaban J connectivity index is 2.23. The molecule has 2 rings (SSSR count). The first-order valence-corrected chi connectivity index (χ1v) is 5.21. The molecular weight excluding hydrogens is 174 g/mol. The van der Waals surface area contributed by atoms with Crippen molar-refractivity contribution in [3.05, 3.63) is 35.4 Å². The van der Waals surface area contributed by atoms with Gasteiger partial charge in [0.1, 0.15) is 5.60 Å². The second kappa shape index (κ2) is 3.71. The summed E-state index contributed by atoms with van der Waals surface area (Å²) in [6.07, 6.45) is 1.91. The minimum Gasteiger partial charge on any atom is -0.384 e. The molecule has 1 aliphatic heterocycles. The molecule has 0 bridgehead atoms. The molecule has 1 aromatic carbocycles. The van der Waals surface area contributed by atoms with Crippen molar-refractivity contribution < 1.29 is 5.11 Å². The van der Waals surface area contributed by atoms with Crippen molar-refractivity contribution in [2.24, 2.45) is 0 Å². The summed E-state index contributed by atoms with van der Waals surface area (Å²) >= 11 is 0. The topological polar surface area (TPSA) is 32.3 Å². The SMILES string of the molecule is Cc1ccc(C2(O)CCCNC2)cc1. The van der Waals surface area contributed by atoms with Crippen molar-refractivity contribution in [1.82, 2.24) is 5.32 Å².